The van der Waals surface area contributed by atoms with Gasteiger partial charge in [-0.3, -0.25) is 33.8 Å². The first-order valence-corrected chi connectivity index (χ1v) is 34.6. The highest BCUT2D eigenvalue weighted by Crippen LogP contribution is 2.38. The van der Waals surface area contributed by atoms with Gasteiger partial charge in [-0.25, -0.2) is 43.9 Å². The summed E-state index contributed by atoms with van der Waals surface area (Å²) < 4.78 is 13.6. The molecular weight excluding hydrogens is 1370 g/mol. The van der Waals surface area contributed by atoms with Crippen LogP contribution in [0.25, 0.3) is 66.9 Å². The van der Waals surface area contributed by atoms with Crippen LogP contribution in [0.1, 0.15) is 94.9 Å². The normalized spacial score (nSPS) is 15.2. The van der Waals surface area contributed by atoms with Gasteiger partial charge in [0, 0.05) is 78.8 Å². The van der Waals surface area contributed by atoms with Gasteiger partial charge in [-0.2, -0.15) is 24.0 Å². The minimum Gasteiger partial charge on any atom is -0.383 e. The average molecular weight is 1430 g/mol. The lowest BCUT2D eigenvalue weighted by Gasteiger charge is -2.14. The van der Waals surface area contributed by atoms with E-state index in [4.69, 9.17) is 32.5 Å². The van der Waals surface area contributed by atoms with Gasteiger partial charge >= 0.3 is 0 Å². The second-order valence-corrected chi connectivity index (χ2v) is 26.2. The Morgan fingerprint density at radius 3 is 1.17 bits per heavy atom. The summed E-state index contributed by atoms with van der Waals surface area (Å²) in [6.45, 7) is 10.1. The van der Waals surface area contributed by atoms with Crippen LogP contribution in [-0.2, 0) is 14.4 Å². The standard InChI is InChI=1S/C24H22N8O2S.2C23H20N8O2S/c1-3-4-19(33)31-10-9-17(12-31)32-23-20(22(25)26-13-27-23)21(29-32)15-5-7-16(8-6-15)24(34)28-18-11-14(2)30-35-18;1-2-3-18(32)30-11-9-16(12-30)31-22-19(21(24)25-13-26-22)20(29-31)14-4-6-15(7-5-14)23(33)28-17-8-10-27-34-17;1-2-3-18(32)30-9-8-16(11-30)31-22-19(21(24)26-12-27-22)20(29-31)14-4-6-15(7-5-14)23(33)28-17-10-25-13-34-17/h5-8,11,13,17H,9-10,12H2,1-2H3,(H,28,34)(H2,25,26,27);4-8,10,13,16H,9,11-12H2,1H3,(H,28,33)(H2,24,25,26);4-7,10,12-13,16H,8-9,11H2,1H3,(H,28,33)(H2,24,26,27). The molecule has 3 fully saturated rings. The Labute approximate surface area is 599 Å². The first-order valence-electron chi connectivity index (χ1n) is 32.1. The van der Waals surface area contributed by atoms with E-state index in [1.54, 1.807) is 95.8 Å². The van der Waals surface area contributed by atoms with E-state index >= 15 is 0 Å². The summed E-state index contributed by atoms with van der Waals surface area (Å²) in [5.74, 6) is 15.5. The predicted octanol–water partition coefficient (Wildman–Crippen LogP) is 8.05. The van der Waals surface area contributed by atoms with Crippen LogP contribution < -0.4 is 33.2 Å². The molecule has 3 unspecified atom stereocenters. The monoisotopic (exact) mass is 1430 g/mol. The van der Waals surface area contributed by atoms with Gasteiger partial charge in [0.2, 0.25) is 0 Å². The van der Waals surface area contributed by atoms with Gasteiger partial charge in [0.1, 0.15) is 68.5 Å². The third-order valence-electron chi connectivity index (χ3n) is 17.1. The summed E-state index contributed by atoms with van der Waals surface area (Å²) in [5, 5.41) is 27.0. The Kier molecular flexibility index (Phi) is 20.2. The van der Waals surface area contributed by atoms with Crippen molar-refractivity contribution in [3.8, 4) is 69.3 Å². The van der Waals surface area contributed by atoms with Gasteiger partial charge in [-0.05, 0) is 136 Å². The minimum absolute atomic E-state index is 0.0578. The molecular formula is C70H62N24O6S3. The molecule has 0 aliphatic carbocycles. The number of aryl methyl sites for hydroxylation is 1. The number of amides is 6. The molecule has 12 aromatic rings. The maximum atomic E-state index is 12.6. The van der Waals surface area contributed by atoms with Crippen molar-refractivity contribution in [1.29, 1.82) is 0 Å². The van der Waals surface area contributed by atoms with Crippen molar-refractivity contribution in [1.82, 2.24) is 87.7 Å². The Morgan fingerprint density at radius 2 is 0.845 bits per heavy atom. The van der Waals surface area contributed by atoms with Crippen molar-refractivity contribution in [3.05, 3.63) is 144 Å². The SMILES string of the molecule is CC#CC(=O)N1CCC(n2nc(-c3ccc(C(=O)Nc4cc(C)ns4)cc3)c3c(N)ncnc32)C1.CC#CC(=O)N1CCC(n2nc(-c3ccc(C(=O)Nc4ccns4)cc3)c3c(N)ncnc32)C1.CC#CC(=O)N1CCC(n2nc(-c3ccc(C(=O)Nc4cncs4)cc3)c3c(N)ncnc32)C1. The molecule has 0 saturated carbocycles. The molecule has 3 atom stereocenters. The number of hydrogen-bond acceptors (Lipinski definition) is 24. The number of thiazole rings is 1. The number of carbonyl (C=O) groups excluding carboxylic acids is 6. The van der Waals surface area contributed by atoms with E-state index < -0.39 is 0 Å². The van der Waals surface area contributed by atoms with Gasteiger partial charge in [0.25, 0.3) is 35.4 Å². The number of fused-ring (bicyclic) bond motifs is 3. The van der Waals surface area contributed by atoms with Gasteiger partial charge in [0.05, 0.1) is 51.7 Å². The second kappa shape index (κ2) is 30.3. The van der Waals surface area contributed by atoms with E-state index in [2.05, 4.69) is 95.1 Å². The lowest BCUT2D eigenvalue weighted by atomic mass is 10.1. The third-order valence-corrected chi connectivity index (χ3v) is 19.3. The third kappa shape index (κ3) is 14.7. The van der Waals surface area contributed by atoms with Crippen molar-refractivity contribution in [3.63, 3.8) is 0 Å². The van der Waals surface area contributed by atoms with Crippen molar-refractivity contribution in [2.75, 3.05) is 72.4 Å². The number of nitrogens with zero attached hydrogens (tertiary/aromatic N) is 18. The zero-order chi connectivity index (χ0) is 71.8. The molecule has 103 heavy (non-hydrogen) atoms. The molecule has 0 bridgehead atoms. The molecule has 15 rings (SSSR count). The van der Waals surface area contributed by atoms with Crippen molar-refractivity contribution in [2.45, 2.75) is 65.1 Å². The minimum atomic E-state index is -0.222. The molecule has 3 aromatic carbocycles. The molecule has 30 nitrogen and oxygen atoms in total. The fourth-order valence-corrected chi connectivity index (χ4v) is 13.8. The first-order chi connectivity index (χ1) is 50.0. The highest BCUT2D eigenvalue weighted by molar-refractivity contribution is 7.14. The Balaban J connectivity index is 0.000000138. The van der Waals surface area contributed by atoms with Crippen LogP contribution in [0.2, 0.25) is 0 Å². The zero-order valence-corrected chi connectivity index (χ0v) is 58.0. The highest BCUT2D eigenvalue weighted by Gasteiger charge is 2.34. The Bertz CT molecular complexity index is 5200. The number of aromatic nitrogens is 15. The van der Waals surface area contributed by atoms with Crippen molar-refractivity contribution < 1.29 is 28.8 Å². The van der Waals surface area contributed by atoms with Crippen LogP contribution in [0.3, 0.4) is 0 Å². The molecule has 0 radical (unpaired) electrons. The molecule has 516 valence electrons. The lowest BCUT2D eigenvalue weighted by molar-refractivity contribution is -0.125. The van der Waals surface area contributed by atoms with Crippen LogP contribution in [0.4, 0.5) is 32.5 Å². The summed E-state index contributed by atoms with van der Waals surface area (Å²) in [7, 11) is 0. The highest BCUT2D eigenvalue weighted by atomic mass is 32.1. The summed E-state index contributed by atoms with van der Waals surface area (Å²) in [6, 6.07) is 24.7. The largest absolute Gasteiger partial charge is 0.383 e. The van der Waals surface area contributed by atoms with Gasteiger partial charge < -0.3 is 47.9 Å². The molecule has 0 spiro atoms. The average Bonchev–Trinajstić information content (AvgIpc) is 1.62. The maximum absolute atomic E-state index is 12.6. The number of likely N-dealkylation sites (tertiary alicyclic amines) is 3. The van der Waals surface area contributed by atoms with Gasteiger partial charge in [0.15, 0.2) is 16.9 Å². The van der Waals surface area contributed by atoms with Gasteiger partial charge in [-0.15, -0.1) is 11.3 Å². The predicted molar refractivity (Wildman–Crippen MR) is 392 cm³/mol. The smallest absolute Gasteiger partial charge is 0.298 e. The Morgan fingerprint density at radius 1 is 0.476 bits per heavy atom. The number of hydrogen-bond donors (Lipinski definition) is 6. The van der Waals surface area contributed by atoms with Crippen LogP contribution in [0.5, 0.6) is 0 Å². The molecule has 3 aliphatic heterocycles. The topological polar surface area (TPSA) is 396 Å². The number of nitrogens with two attached hydrogens (primary N) is 3. The van der Waals surface area contributed by atoms with Crippen LogP contribution in [0, 0.1) is 42.4 Å². The molecule has 6 amide bonds. The molecule has 9 aromatic heterocycles. The molecule has 33 heteroatoms. The van der Waals surface area contributed by atoms with Crippen LogP contribution in [-0.4, -0.2) is 162 Å². The van der Waals surface area contributed by atoms with Crippen LogP contribution >= 0.6 is 34.4 Å². The van der Waals surface area contributed by atoms with Crippen molar-refractivity contribution in [2.24, 2.45) is 0 Å². The summed E-state index contributed by atoms with van der Waals surface area (Å²) in [6.07, 6.45) is 9.66. The van der Waals surface area contributed by atoms with E-state index in [9.17, 15) is 28.8 Å². The van der Waals surface area contributed by atoms with E-state index in [1.165, 1.54) is 53.4 Å². The summed E-state index contributed by atoms with van der Waals surface area (Å²) >= 11 is 3.81. The number of benzene rings is 3. The maximum Gasteiger partial charge on any atom is 0.298 e. The first kappa shape index (κ1) is 68.6. The number of anilines is 6. The fourth-order valence-electron chi connectivity index (χ4n) is 12.2. The van der Waals surface area contributed by atoms with Crippen molar-refractivity contribution >= 4 is 135 Å². The Hall–Kier alpha value is -12.9. The van der Waals surface area contributed by atoms with E-state index in [1.807, 2.05) is 63.4 Å². The zero-order valence-electron chi connectivity index (χ0n) is 55.6. The van der Waals surface area contributed by atoms with E-state index in [-0.39, 0.29) is 53.6 Å². The molecule has 3 aliphatic rings. The van der Waals surface area contributed by atoms with Crippen LogP contribution in [0.15, 0.2) is 122 Å². The molecule has 9 N–H and O–H groups in total. The lowest BCUT2D eigenvalue weighted by Crippen LogP contribution is -2.28. The number of rotatable bonds is 12. The van der Waals surface area contributed by atoms with E-state index in [0.29, 0.717) is 139 Å². The number of nitrogen functional groups attached to an aromatic ring is 3. The second-order valence-electron chi connectivity index (χ2n) is 23.6. The van der Waals surface area contributed by atoms with Gasteiger partial charge in [-0.1, -0.05) is 54.2 Å². The number of nitrogens with one attached hydrogen (secondary N) is 3. The summed E-state index contributed by atoms with van der Waals surface area (Å²) in [5.41, 5.74) is 28.7. The quantitative estimate of drug-likeness (QED) is 0.0630. The summed E-state index contributed by atoms with van der Waals surface area (Å²) in [4.78, 5) is 109. The number of carbonyl (C=O) groups is 6. The van der Waals surface area contributed by atoms with E-state index in [0.717, 1.165) is 41.6 Å². The molecule has 12 heterocycles. The fraction of sp³-hybridized carbons (Fsp3) is 0.229. The molecule has 3 saturated heterocycles.